The molecule has 1 aliphatic heterocycles. The number of nitrogens with one attached hydrogen (secondary N) is 1. The van der Waals surface area contributed by atoms with Crippen LogP contribution in [0.1, 0.15) is 19.4 Å². The van der Waals surface area contributed by atoms with Crippen molar-refractivity contribution in [2.24, 2.45) is 0 Å². The first-order valence-corrected chi connectivity index (χ1v) is 11.0. The first-order chi connectivity index (χ1) is 15.0. The first kappa shape index (κ1) is 22.9. The number of amides is 1. The predicted molar refractivity (Wildman–Crippen MR) is 119 cm³/mol. The third-order valence-electron chi connectivity index (χ3n) is 5.70. The van der Waals surface area contributed by atoms with Crippen LogP contribution in [0.5, 0.6) is 11.5 Å². The molecule has 0 bridgehead atoms. The normalized spacial score (nSPS) is 14.4. The van der Waals surface area contributed by atoms with Crippen molar-refractivity contribution in [1.29, 1.82) is 0 Å². The number of halogens is 1. The van der Waals surface area contributed by atoms with E-state index in [2.05, 4.69) is 4.90 Å². The van der Waals surface area contributed by atoms with Crippen molar-refractivity contribution in [3.05, 3.63) is 53.8 Å². The molecule has 0 atom stereocenters. The Morgan fingerprint density at radius 3 is 2.42 bits per heavy atom. The molecule has 1 N–H and O–H groups in total. The molecular formula is C24H33FN3O3+. The molecule has 1 aliphatic rings. The number of carbonyl (C=O) groups excluding carboxylic acids is 1. The molecule has 168 valence electrons. The SMILES string of the molecule is CCOc1ccc(CN(CC)C(=O)C[NH+]2CCN(c3ccc(F)cc3)CC2)cc1OC. The molecule has 2 aromatic rings. The van der Waals surface area contributed by atoms with Crippen LogP contribution >= 0.6 is 0 Å². The van der Waals surface area contributed by atoms with E-state index in [1.54, 1.807) is 7.11 Å². The van der Waals surface area contributed by atoms with Crippen LogP contribution in [0.25, 0.3) is 0 Å². The van der Waals surface area contributed by atoms with E-state index in [0.717, 1.165) is 37.4 Å². The molecule has 3 rings (SSSR count). The fraction of sp³-hybridized carbons (Fsp3) is 0.458. The van der Waals surface area contributed by atoms with Crippen molar-refractivity contribution >= 4 is 11.6 Å². The van der Waals surface area contributed by atoms with E-state index in [-0.39, 0.29) is 11.7 Å². The molecule has 1 heterocycles. The number of rotatable bonds is 9. The second-order valence-electron chi connectivity index (χ2n) is 7.72. The second kappa shape index (κ2) is 11.0. The summed E-state index contributed by atoms with van der Waals surface area (Å²) in [6.45, 7) is 9.70. The van der Waals surface area contributed by atoms with Gasteiger partial charge in [-0.05, 0) is 55.8 Å². The highest BCUT2D eigenvalue weighted by molar-refractivity contribution is 5.77. The van der Waals surface area contributed by atoms with Gasteiger partial charge in [-0.25, -0.2) is 4.39 Å². The van der Waals surface area contributed by atoms with Gasteiger partial charge >= 0.3 is 0 Å². The third kappa shape index (κ3) is 6.10. The molecule has 6 nitrogen and oxygen atoms in total. The largest absolute Gasteiger partial charge is 0.493 e. The molecule has 0 unspecified atom stereocenters. The molecule has 1 amide bonds. The van der Waals surface area contributed by atoms with Crippen LogP contribution in [0, 0.1) is 5.82 Å². The third-order valence-corrected chi connectivity index (χ3v) is 5.70. The molecule has 1 fully saturated rings. The van der Waals surface area contributed by atoms with E-state index >= 15 is 0 Å². The number of anilines is 1. The second-order valence-corrected chi connectivity index (χ2v) is 7.72. The highest BCUT2D eigenvalue weighted by Crippen LogP contribution is 2.28. The lowest BCUT2D eigenvalue weighted by atomic mass is 10.2. The Morgan fingerprint density at radius 1 is 1.10 bits per heavy atom. The molecule has 0 aliphatic carbocycles. The Labute approximate surface area is 184 Å². The van der Waals surface area contributed by atoms with Crippen LogP contribution in [-0.2, 0) is 11.3 Å². The number of hydrogen-bond donors (Lipinski definition) is 1. The Morgan fingerprint density at radius 2 is 1.81 bits per heavy atom. The van der Waals surface area contributed by atoms with Gasteiger partial charge in [-0.15, -0.1) is 0 Å². The number of benzene rings is 2. The van der Waals surface area contributed by atoms with E-state index in [1.807, 2.05) is 49.1 Å². The molecule has 0 saturated carbocycles. The minimum absolute atomic E-state index is 0.153. The summed E-state index contributed by atoms with van der Waals surface area (Å²) in [6.07, 6.45) is 0. The van der Waals surface area contributed by atoms with Gasteiger partial charge < -0.3 is 24.2 Å². The topological polar surface area (TPSA) is 46.5 Å². The molecule has 2 aromatic carbocycles. The van der Waals surface area contributed by atoms with E-state index in [0.29, 0.717) is 37.7 Å². The van der Waals surface area contributed by atoms with Crippen LogP contribution in [0.4, 0.5) is 10.1 Å². The van der Waals surface area contributed by atoms with Crippen LogP contribution in [0.2, 0.25) is 0 Å². The van der Waals surface area contributed by atoms with Gasteiger partial charge in [-0.1, -0.05) is 6.07 Å². The van der Waals surface area contributed by atoms with E-state index < -0.39 is 0 Å². The van der Waals surface area contributed by atoms with E-state index in [9.17, 15) is 9.18 Å². The van der Waals surface area contributed by atoms with Gasteiger partial charge in [0.05, 0.1) is 39.9 Å². The summed E-state index contributed by atoms with van der Waals surface area (Å²) in [4.78, 5) is 18.4. The molecule has 0 aromatic heterocycles. The van der Waals surface area contributed by atoms with Crippen LogP contribution in [-0.4, -0.2) is 63.8 Å². The number of likely N-dealkylation sites (N-methyl/N-ethyl adjacent to an activating group) is 1. The highest BCUT2D eigenvalue weighted by Gasteiger charge is 2.24. The smallest absolute Gasteiger partial charge is 0.278 e. The molecule has 31 heavy (non-hydrogen) atoms. The predicted octanol–water partition coefficient (Wildman–Crippen LogP) is 1.99. The van der Waals surface area contributed by atoms with E-state index in [4.69, 9.17) is 9.47 Å². The Balaban J connectivity index is 1.54. The summed E-state index contributed by atoms with van der Waals surface area (Å²) in [6, 6.07) is 12.4. The summed E-state index contributed by atoms with van der Waals surface area (Å²) in [5, 5.41) is 0. The monoisotopic (exact) mass is 430 g/mol. The number of ether oxygens (including phenoxy) is 2. The van der Waals surface area contributed by atoms with Gasteiger partial charge in [0.2, 0.25) is 0 Å². The van der Waals surface area contributed by atoms with Crippen LogP contribution in [0.15, 0.2) is 42.5 Å². The molecule has 1 saturated heterocycles. The van der Waals surface area contributed by atoms with Crippen molar-refractivity contribution in [3.63, 3.8) is 0 Å². The summed E-state index contributed by atoms with van der Waals surface area (Å²) in [7, 11) is 1.62. The zero-order valence-electron chi connectivity index (χ0n) is 18.7. The maximum absolute atomic E-state index is 13.1. The molecular weight excluding hydrogens is 397 g/mol. The number of carbonyl (C=O) groups is 1. The van der Waals surface area contributed by atoms with Crippen LogP contribution < -0.4 is 19.3 Å². The summed E-state index contributed by atoms with van der Waals surface area (Å²) >= 11 is 0. The highest BCUT2D eigenvalue weighted by atomic mass is 19.1. The lowest BCUT2D eigenvalue weighted by Crippen LogP contribution is -3.15. The minimum Gasteiger partial charge on any atom is -0.493 e. The van der Waals surface area contributed by atoms with Gasteiger partial charge in [-0.2, -0.15) is 0 Å². The number of piperazine rings is 1. The van der Waals surface area contributed by atoms with Gasteiger partial charge in [0, 0.05) is 18.8 Å². The number of quaternary nitrogens is 1. The van der Waals surface area contributed by atoms with Crippen molar-refractivity contribution in [3.8, 4) is 11.5 Å². The van der Waals surface area contributed by atoms with E-state index in [1.165, 1.54) is 17.0 Å². The summed E-state index contributed by atoms with van der Waals surface area (Å²) in [5.41, 5.74) is 2.05. The fourth-order valence-electron chi connectivity index (χ4n) is 3.92. The van der Waals surface area contributed by atoms with Gasteiger partial charge in [-0.3, -0.25) is 4.79 Å². The Kier molecular flexibility index (Phi) is 8.12. The van der Waals surface area contributed by atoms with Crippen molar-refractivity contribution in [2.75, 3.05) is 57.9 Å². The zero-order valence-corrected chi connectivity index (χ0v) is 18.7. The lowest BCUT2D eigenvalue weighted by molar-refractivity contribution is -0.892. The summed E-state index contributed by atoms with van der Waals surface area (Å²) in [5.74, 6) is 1.33. The van der Waals surface area contributed by atoms with Crippen molar-refractivity contribution < 1.29 is 23.6 Å². The molecule has 7 heteroatoms. The van der Waals surface area contributed by atoms with Crippen molar-refractivity contribution in [1.82, 2.24) is 4.90 Å². The number of methoxy groups -OCH3 is 1. The minimum atomic E-state index is -0.219. The average molecular weight is 431 g/mol. The van der Waals surface area contributed by atoms with Crippen LogP contribution in [0.3, 0.4) is 0 Å². The van der Waals surface area contributed by atoms with Gasteiger partial charge in [0.15, 0.2) is 18.0 Å². The fourth-order valence-corrected chi connectivity index (χ4v) is 3.92. The first-order valence-electron chi connectivity index (χ1n) is 11.0. The Bertz CT molecular complexity index is 852. The number of hydrogen-bond acceptors (Lipinski definition) is 4. The number of nitrogens with zero attached hydrogens (tertiary/aromatic N) is 2. The molecule has 0 radical (unpaired) electrons. The summed E-state index contributed by atoms with van der Waals surface area (Å²) < 4.78 is 24.2. The van der Waals surface area contributed by atoms with Gasteiger partial charge in [0.1, 0.15) is 5.82 Å². The standard InChI is InChI=1S/C24H32FN3O3/c1-4-27(17-19-6-11-22(31-5-2)23(16-19)30-3)24(29)18-26-12-14-28(15-13-26)21-9-7-20(25)8-10-21/h6-11,16H,4-5,12-15,17-18H2,1-3H3/p+1. The van der Waals surface area contributed by atoms with Gasteiger partial charge in [0.25, 0.3) is 5.91 Å². The average Bonchev–Trinajstić information content (AvgIpc) is 2.79. The molecule has 0 spiro atoms. The quantitative estimate of drug-likeness (QED) is 0.661. The lowest BCUT2D eigenvalue weighted by Gasteiger charge is -2.34. The maximum atomic E-state index is 13.1. The van der Waals surface area contributed by atoms with Crippen molar-refractivity contribution in [2.45, 2.75) is 20.4 Å². The Hall–Kier alpha value is -2.80. The maximum Gasteiger partial charge on any atom is 0.278 e. The zero-order chi connectivity index (χ0) is 22.2.